The third-order valence-electron chi connectivity index (χ3n) is 5.16. The second kappa shape index (κ2) is 7.69. The topological polar surface area (TPSA) is 51.1 Å². The number of pyridine rings is 1. The summed E-state index contributed by atoms with van der Waals surface area (Å²) in [5.74, 6) is -0.0625. The van der Waals surface area contributed by atoms with E-state index in [4.69, 9.17) is 0 Å². The Morgan fingerprint density at radius 2 is 1.43 bits per heavy atom. The van der Waals surface area contributed by atoms with Crippen molar-refractivity contribution < 1.29 is 4.79 Å². The van der Waals surface area contributed by atoms with Crippen LogP contribution in [0.15, 0.2) is 77.6 Å². The molecule has 0 fully saturated rings. The second-order valence-corrected chi connectivity index (χ2v) is 6.98. The number of amides is 1. The Bertz CT molecular complexity index is 1160. The molecule has 28 heavy (non-hydrogen) atoms. The van der Waals surface area contributed by atoms with Gasteiger partial charge in [0.25, 0.3) is 0 Å². The minimum absolute atomic E-state index is 0.00223. The van der Waals surface area contributed by atoms with Crippen LogP contribution in [0.1, 0.15) is 11.1 Å². The van der Waals surface area contributed by atoms with Gasteiger partial charge in [0.1, 0.15) is 6.54 Å². The highest BCUT2D eigenvalue weighted by atomic mass is 16.2. The van der Waals surface area contributed by atoms with Crippen molar-refractivity contribution in [2.75, 3.05) is 6.54 Å². The van der Waals surface area contributed by atoms with Gasteiger partial charge in [0.15, 0.2) is 5.43 Å². The van der Waals surface area contributed by atoms with Crippen molar-refractivity contribution in [2.45, 2.75) is 19.9 Å². The quantitative estimate of drug-likeness (QED) is 0.543. The zero-order valence-electron chi connectivity index (χ0n) is 15.8. The van der Waals surface area contributed by atoms with E-state index in [0.29, 0.717) is 17.3 Å². The Hall–Kier alpha value is -3.40. The summed E-state index contributed by atoms with van der Waals surface area (Å²) in [5.41, 5.74) is 4.03. The number of aromatic nitrogens is 1. The molecular weight excluding hydrogens is 348 g/mol. The van der Waals surface area contributed by atoms with Crippen molar-refractivity contribution in [1.29, 1.82) is 0 Å². The number of hydrogen-bond donors (Lipinski definition) is 1. The molecule has 4 rings (SSSR count). The van der Waals surface area contributed by atoms with Crippen LogP contribution in [0.3, 0.4) is 0 Å². The van der Waals surface area contributed by atoms with Crippen LogP contribution in [-0.2, 0) is 17.8 Å². The SMILES string of the molecule is Cc1ccccc1CCNC(=O)Cn1c2ccccc2c(=O)c2ccccc21. The van der Waals surface area contributed by atoms with E-state index in [-0.39, 0.29) is 17.9 Å². The Morgan fingerprint density at radius 3 is 2.07 bits per heavy atom. The van der Waals surface area contributed by atoms with Gasteiger partial charge in [0, 0.05) is 17.3 Å². The number of carbonyl (C=O) groups excluding carboxylic acids is 1. The fourth-order valence-electron chi connectivity index (χ4n) is 3.67. The first-order valence-electron chi connectivity index (χ1n) is 9.46. The van der Waals surface area contributed by atoms with Gasteiger partial charge in [-0.3, -0.25) is 9.59 Å². The highest BCUT2D eigenvalue weighted by Crippen LogP contribution is 2.19. The summed E-state index contributed by atoms with van der Waals surface area (Å²) in [5, 5.41) is 4.28. The lowest BCUT2D eigenvalue weighted by Crippen LogP contribution is -2.30. The molecule has 0 atom stereocenters. The van der Waals surface area contributed by atoms with Crippen molar-refractivity contribution in [2.24, 2.45) is 0 Å². The third-order valence-corrected chi connectivity index (χ3v) is 5.16. The maximum absolute atomic E-state index is 12.8. The van der Waals surface area contributed by atoms with Crippen LogP contribution in [0.2, 0.25) is 0 Å². The molecule has 0 saturated heterocycles. The molecule has 4 nitrogen and oxygen atoms in total. The van der Waals surface area contributed by atoms with Crippen LogP contribution in [-0.4, -0.2) is 17.0 Å². The van der Waals surface area contributed by atoms with Crippen molar-refractivity contribution in [3.63, 3.8) is 0 Å². The van der Waals surface area contributed by atoms with Gasteiger partial charge >= 0.3 is 0 Å². The fraction of sp³-hybridized carbons (Fsp3) is 0.167. The first-order valence-corrected chi connectivity index (χ1v) is 9.46. The van der Waals surface area contributed by atoms with Gasteiger partial charge in [-0.25, -0.2) is 0 Å². The summed E-state index contributed by atoms with van der Waals surface area (Å²) in [7, 11) is 0. The predicted octanol–water partition coefficient (Wildman–Crippen LogP) is 3.82. The van der Waals surface area contributed by atoms with Gasteiger partial charge < -0.3 is 9.88 Å². The molecular formula is C24H22N2O2. The molecule has 140 valence electrons. The molecule has 0 radical (unpaired) electrons. The minimum atomic E-state index is -0.0625. The molecule has 0 aliphatic heterocycles. The van der Waals surface area contributed by atoms with E-state index >= 15 is 0 Å². The normalized spacial score (nSPS) is 11.0. The number of fused-ring (bicyclic) bond motifs is 2. The lowest BCUT2D eigenvalue weighted by molar-refractivity contribution is -0.121. The molecule has 4 heteroatoms. The molecule has 0 aliphatic carbocycles. The van der Waals surface area contributed by atoms with Crippen molar-refractivity contribution in [3.05, 3.63) is 94.1 Å². The van der Waals surface area contributed by atoms with E-state index in [2.05, 4.69) is 24.4 Å². The lowest BCUT2D eigenvalue weighted by atomic mass is 10.1. The molecule has 4 aromatic rings. The average molecular weight is 370 g/mol. The number of carbonyl (C=O) groups is 1. The van der Waals surface area contributed by atoms with Gasteiger partial charge in [0.05, 0.1) is 11.0 Å². The summed E-state index contributed by atoms with van der Waals surface area (Å²) in [6, 6.07) is 23.1. The fourth-order valence-corrected chi connectivity index (χ4v) is 3.67. The summed E-state index contributed by atoms with van der Waals surface area (Å²) >= 11 is 0. The van der Waals surface area contributed by atoms with E-state index in [1.165, 1.54) is 11.1 Å². The molecule has 3 aromatic carbocycles. The lowest BCUT2D eigenvalue weighted by Gasteiger charge is -2.15. The molecule has 0 spiro atoms. The van der Waals surface area contributed by atoms with Crippen LogP contribution in [0, 0.1) is 6.92 Å². The van der Waals surface area contributed by atoms with Gasteiger partial charge in [0.2, 0.25) is 5.91 Å². The van der Waals surface area contributed by atoms with Crippen LogP contribution in [0.5, 0.6) is 0 Å². The molecule has 0 aliphatic rings. The largest absolute Gasteiger partial charge is 0.354 e. The summed E-state index contributed by atoms with van der Waals surface area (Å²) in [4.78, 5) is 25.4. The maximum atomic E-state index is 12.8. The highest BCUT2D eigenvalue weighted by molar-refractivity contribution is 5.94. The van der Waals surface area contributed by atoms with E-state index in [1.807, 2.05) is 65.2 Å². The van der Waals surface area contributed by atoms with Crippen molar-refractivity contribution in [3.8, 4) is 0 Å². The number of nitrogens with zero attached hydrogens (tertiary/aromatic N) is 1. The summed E-state index contributed by atoms with van der Waals surface area (Å²) in [6.07, 6.45) is 0.796. The number of rotatable bonds is 5. The van der Waals surface area contributed by atoms with Gasteiger partial charge in [-0.15, -0.1) is 0 Å². The Labute approximate surface area is 163 Å². The number of aryl methyl sites for hydroxylation is 1. The van der Waals surface area contributed by atoms with Gasteiger partial charge in [-0.1, -0.05) is 48.5 Å². The van der Waals surface area contributed by atoms with Gasteiger partial charge in [-0.05, 0) is 48.7 Å². The molecule has 1 aromatic heterocycles. The Kier molecular flexibility index (Phi) is 4.94. The Morgan fingerprint density at radius 1 is 0.857 bits per heavy atom. The molecule has 1 N–H and O–H groups in total. The molecule has 0 bridgehead atoms. The summed E-state index contributed by atoms with van der Waals surface area (Å²) in [6.45, 7) is 2.84. The minimum Gasteiger partial charge on any atom is -0.354 e. The van der Waals surface area contributed by atoms with E-state index < -0.39 is 0 Å². The van der Waals surface area contributed by atoms with Crippen LogP contribution < -0.4 is 10.7 Å². The number of nitrogens with one attached hydrogen (secondary N) is 1. The number of para-hydroxylation sites is 2. The third kappa shape index (κ3) is 3.41. The van der Waals surface area contributed by atoms with Crippen LogP contribution >= 0.6 is 0 Å². The molecule has 1 amide bonds. The van der Waals surface area contributed by atoms with Crippen LogP contribution in [0.4, 0.5) is 0 Å². The van der Waals surface area contributed by atoms with Gasteiger partial charge in [-0.2, -0.15) is 0 Å². The zero-order chi connectivity index (χ0) is 19.5. The molecule has 0 unspecified atom stereocenters. The monoisotopic (exact) mass is 370 g/mol. The zero-order valence-corrected chi connectivity index (χ0v) is 15.8. The standard InChI is InChI=1S/C24H22N2O2/c1-17-8-2-3-9-18(17)14-15-25-23(27)16-26-21-12-6-4-10-19(21)24(28)20-11-5-7-13-22(20)26/h2-13H,14-16H2,1H3,(H,25,27). The van der Waals surface area contributed by atoms with Crippen molar-refractivity contribution in [1.82, 2.24) is 9.88 Å². The maximum Gasteiger partial charge on any atom is 0.239 e. The van der Waals surface area contributed by atoms with E-state index in [0.717, 1.165) is 17.5 Å². The second-order valence-electron chi connectivity index (χ2n) is 6.98. The van der Waals surface area contributed by atoms with E-state index in [1.54, 1.807) is 0 Å². The smallest absolute Gasteiger partial charge is 0.239 e. The van der Waals surface area contributed by atoms with E-state index in [9.17, 15) is 9.59 Å². The highest BCUT2D eigenvalue weighted by Gasteiger charge is 2.12. The van der Waals surface area contributed by atoms with Crippen LogP contribution in [0.25, 0.3) is 21.8 Å². The first-order chi connectivity index (χ1) is 13.6. The molecule has 0 saturated carbocycles. The summed E-state index contributed by atoms with van der Waals surface area (Å²) < 4.78 is 1.93. The van der Waals surface area contributed by atoms with Crippen molar-refractivity contribution >= 4 is 27.7 Å². The predicted molar refractivity (Wildman–Crippen MR) is 114 cm³/mol. The Balaban J connectivity index is 1.60. The molecule has 1 heterocycles. The number of benzene rings is 3. The first kappa shape index (κ1) is 18.0. The average Bonchev–Trinajstić information content (AvgIpc) is 2.72. The number of hydrogen-bond acceptors (Lipinski definition) is 2.